The minimum Gasteiger partial charge on any atom is -0.315 e. The summed E-state index contributed by atoms with van der Waals surface area (Å²) in [5, 5.41) is 13.1. The number of nitriles is 1. The number of carbonyl (C=O) groups excluding carboxylic acids is 1. The highest BCUT2D eigenvalue weighted by Crippen LogP contribution is 2.38. The maximum Gasteiger partial charge on any atom is 0.239 e. The first kappa shape index (κ1) is 17.0. The lowest BCUT2D eigenvalue weighted by molar-refractivity contribution is -0.117. The summed E-state index contributed by atoms with van der Waals surface area (Å²) in [6.45, 7) is 2.02. The van der Waals surface area contributed by atoms with Gasteiger partial charge in [-0.25, -0.2) is 0 Å². The fourth-order valence-corrected chi connectivity index (χ4v) is 5.00. The fraction of sp³-hybridized carbons (Fsp3) is 0.333. The zero-order valence-electron chi connectivity index (χ0n) is 14.6. The highest BCUT2D eigenvalue weighted by Gasteiger charge is 2.23. The normalized spacial score (nSPS) is 16.7. The van der Waals surface area contributed by atoms with Crippen molar-refractivity contribution in [3.8, 4) is 6.07 Å². The van der Waals surface area contributed by atoms with Crippen molar-refractivity contribution in [1.29, 1.82) is 5.26 Å². The Morgan fingerprint density at radius 2 is 2.08 bits per heavy atom. The summed E-state index contributed by atoms with van der Waals surface area (Å²) in [6, 6.07) is 12.7. The number of nitrogens with zero attached hydrogens (tertiary/aromatic N) is 2. The number of hydrogen-bond donors (Lipinski definition) is 1. The van der Waals surface area contributed by atoms with Crippen LogP contribution in [0.15, 0.2) is 36.4 Å². The summed E-state index contributed by atoms with van der Waals surface area (Å²) in [4.78, 5) is 15.9. The molecular weight excluding hydrogens is 342 g/mol. The van der Waals surface area contributed by atoms with Crippen molar-refractivity contribution in [3.05, 3.63) is 58.0 Å². The number of benzene rings is 1. The van der Waals surface area contributed by atoms with Gasteiger partial charge in [0.2, 0.25) is 5.91 Å². The van der Waals surface area contributed by atoms with Crippen LogP contribution in [0.5, 0.6) is 0 Å². The Balaban J connectivity index is 1.37. The van der Waals surface area contributed by atoms with Gasteiger partial charge in [-0.1, -0.05) is 36.4 Å². The Labute approximate surface area is 157 Å². The molecule has 0 spiro atoms. The summed E-state index contributed by atoms with van der Waals surface area (Å²) in [5.41, 5.74) is 4.45. The van der Waals surface area contributed by atoms with E-state index in [0.29, 0.717) is 12.1 Å². The number of amides is 1. The maximum absolute atomic E-state index is 12.5. The predicted molar refractivity (Wildman–Crippen MR) is 105 cm³/mol. The third-order valence-corrected chi connectivity index (χ3v) is 6.30. The lowest BCUT2D eigenvalue weighted by atomic mass is 10.00. The molecule has 2 aromatic rings. The molecule has 2 aliphatic rings. The SMILES string of the molecule is N#Cc1c(NC(=O)CN2CC=C(c3ccccc3)CC2)sc2c1CCC2. The number of anilines is 1. The monoisotopic (exact) mass is 363 g/mol. The Bertz CT molecular complexity index is 892. The molecule has 0 atom stereocenters. The highest BCUT2D eigenvalue weighted by atomic mass is 32.1. The van der Waals surface area contributed by atoms with E-state index in [-0.39, 0.29) is 5.91 Å². The van der Waals surface area contributed by atoms with Gasteiger partial charge >= 0.3 is 0 Å². The molecule has 1 amide bonds. The number of fused-ring (bicyclic) bond motifs is 1. The van der Waals surface area contributed by atoms with E-state index in [2.05, 4.69) is 46.6 Å². The van der Waals surface area contributed by atoms with Crippen molar-refractivity contribution in [2.45, 2.75) is 25.7 Å². The van der Waals surface area contributed by atoms with Gasteiger partial charge in [0, 0.05) is 18.0 Å². The number of nitrogens with one attached hydrogen (secondary N) is 1. The molecule has 2 heterocycles. The summed E-state index contributed by atoms with van der Waals surface area (Å²) in [5.74, 6) is -0.0296. The number of aryl methyl sites for hydroxylation is 1. The van der Waals surface area contributed by atoms with Gasteiger partial charge in [0.1, 0.15) is 11.1 Å². The van der Waals surface area contributed by atoms with Gasteiger partial charge in [-0.3, -0.25) is 9.69 Å². The summed E-state index contributed by atoms with van der Waals surface area (Å²) in [6.07, 6.45) is 6.28. The fourth-order valence-electron chi connectivity index (χ4n) is 3.75. The van der Waals surface area contributed by atoms with E-state index in [1.807, 2.05) is 6.07 Å². The summed E-state index contributed by atoms with van der Waals surface area (Å²) in [7, 11) is 0. The van der Waals surface area contributed by atoms with Crippen molar-refractivity contribution in [2.24, 2.45) is 0 Å². The highest BCUT2D eigenvalue weighted by molar-refractivity contribution is 7.16. The zero-order valence-corrected chi connectivity index (χ0v) is 15.4. The predicted octanol–water partition coefficient (Wildman–Crippen LogP) is 3.84. The largest absolute Gasteiger partial charge is 0.315 e. The summed E-state index contributed by atoms with van der Waals surface area (Å²) < 4.78 is 0. The van der Waals surface area contributed by atoms with Gasteiger partial charge in [0.15, 0.2) is 0 Å². The first-order valence-electron chi connectivity index (χ1n) is 9.06. The average molecular weight is 363 g/mol. The standard InChI is InChI=1S/C21H21N3OS/c22-13-18-17-7-4-8-19(17)26-21(18)23-20(25)14-24-11-9-16(10-12-24)15-5-2-1-3-6-15/h1-3,5-6,9H,4,7-8,10-12,14H2,(H,23,25). The van der Waals surface area contributed by atoms with Crippen LogP contribution in [-0.4, -0.2) is 30.4 Å². The van der Waals surface area contributed by atoms with Gasteiger partial charge in [-0.15, -0.1) is 11.3 Å². The second kappa shape index (κ2) is 7.45. The van der Waals surface area contributed by atoms with E-state index in [4.69, 9.17) is 0 Å². The van der Waals surface area contributed by atoms with Crippen molar-refractivity contribution in [1.82, 2.24) is 4.90 Å². The lowest BCUT2D eigenvalue weighted by Gasteiger charge is -2.25. The van der Waals surface area contributed by atoms with Crippen LogP contribution < -0.4 is 5.32 Å². The van der Waals surface area contributed by atoms with E-state index >= 15 is 0 Å². The molecule has 1 aliphatic heterocycles. The van der Waals surface area contributed by atoms with Crippen LogP contribution in [0, 0.1) is 11.3 Å². The Morgan fingerprint density at radius 3 is 2.81 bits per heavy atom. The maximum atomic E-state index is 12.5. The Kier molecular flexibility index (Phi) is 4.87. The molecule has 0 bridgehead atoms. The van der Waals surface area contributed by atoms with Crippen LogP contribution >= 0.6 is 11.3 Å². The third-order valence-electron chi connectivity index (χ3n) is 5.09. The summed E-state index contributed by atoms with van der Waals surface area (Å²) >= 11 is 1.58. The molecule has 0 fully saturated rings. The molecule has 1 aliphatic carbocycles. The van der Waals surface area contributed by atoms with Crippen molar-refractivity contribution < 1.29 is 4.79 Å². The zero-order chi connectivity index (χ0) is 17.9. The molecule has 0 saturated carbocycles. The van der Waals surface area contributed by atoms with Gasteiger partial charge in [-0.2, -0.15) is 5.26 Å². The number of hydrogen-bond acceptors (Lipinski definition) is 4. The van der Waals surface area contributed by atoms with Crippen molar-refractivity contribution in [2.75, 3.05) is 25.0 Å². The van der Waals surface area contributed by atoms with Gasteiger partial charge in [0.05, 0.1) is 12.1 Å². The van der Waals surface area contributed by atoms with Gasteiger partial charge < -0.3 is 5.32 Å². The second-order valence-electron chi connectivity index (χ2n) is 6.80. The average Bonchev–Trinajstić information content (AvgIpc) is 3.23. The molecule has 1 N–H and O–H groups in total. The first-order chi connectivity index (χ1) is 12.7. The molecule has 4 nitrogen and oxygen atoms in total. The minimum atomic E-state index is -0.0296. The van der Waals surface area contributed by atoms with Crippen LogP contribution in [0.4, 0.5) is 5.00 Å². The molecule has 0 radical (unpaired) electrons. The Hall–Kier alpha value is -2.42. The van der Waals surface area contributed by atoms with Crippen LogP contribution in [0.2, 0.25) is 0 Å². The third kappa shape index (κ3) is 3.44. The van der Waals surface area contributed by atoms with E-state index in [1.165, 1.54) is 16.0 Å². The first-order valence-corrected chi connectivity index (χ1v) is 9.87. The van der Waals surface area contributed by atoms with Gasteiger partial charge in [0.25, 0.3) is 0 Å². The number of thiophene rings is 1. The van der Waals surface area contributed by atoms with Crippen LogP contribution in [0.25, 0.3) is 5.57 Å². The smallest absolute Gasteiger partial charge is 0.239 e. The lowest BCUT2D eigenvalue weighted by Crippen LogP contribution is -2.36. The topological polar surface area (TPSA) is 56.1 Å². The van der Waals surface area contributed by atoms with Crippen LogP contribution in [0.3, 0.4) is 0 Å². The molecule has 132 valence electrons. The molecule has 4 rings (SSSR count). The molecule has 0 unspecified atom stereocenters. The molecule has 1 aromatic carbocycles. The molecule has 5 heteroatoms. The Morgan fingerprint density at radius 1 is 1.23 bits per heavy atom. The quantitative estimate of drug-likeness (QED) is 0.898. The molecule has 1 aromatic heterocycles. The molecule has 26 heavy (non-hydrogen) atoms. The number of rotatable bonds is 4. The van der Waals surface area contributed by atoms with Crippen LogP contribution in [0.1, 0.15) is 34.4 Å². The molecular formula is C21H21N3OS. The van der Waals surface area contributed by atoms with E-state index in [0.717, 1.165) is 49.3 Å². The van der Waals surface area contributed by atoms with E-state index in [9.17, 15) is 10.1 Å². The second-order valence-corrected chi connectivity index (χ2v) is 7.91. The van der Waals surface area contributed by atoms with Gasteiger partial charge in [-0.05, 0) is 42.4 Å². The van der Waals surface area contributed by atoms with E-state index in [1.54, 1.807) is 11.3 Å². The minimum absolute atomic E-state index is 0.0296. The molecule has 0 saturated heterocycles. The van der Waals surface area contributed by atoms with Crippen molar-refractivity contribution in [3.63, 3.8) is 0 Å². The van der Waals surface area contributed by atoms with Crippen LogP contribution in [-0.2, 0) is 17.6 Å². The number of carbonyl (C=O) groups is 1. The van der Waals surface area contributed by atoms with Crippen molar-refractivity contribution >= 4 is 27.8 Å². The van der Waals surface area contributed by atoms with E-state index < -0.39 is 0 Å².